The summed E-state index contributed by atoms with van der Waals surface area (Å²) in [6.07, 6.45) is 0.691. The van der Waals surface area contributed by atoms with E-state index in [9.17, 15) is 8.78 Å². The number of halogens is 2. The number of fused-ring (bicyclic) bond motifs is 1. The van der Waals surface area contributed by atoms with Crippen molar-refractivity contribution in [2.45, 2.75) is 51.0 Å². The Morgan fingerprint density at radius 3 is 2.90 bits per heavy atom. The minimum absolute atomic E-state index is 0.0707. The topological polar surface area (TPSA) is 39.7 Å². The van der Waals surface area contributed by atoms with E-state index in [-0.39, 0.29) is 23.6 Å². The summed E-state index contributed by atoms with van der Waals surface area (Å²) in [6, 6.07) is 5.08. The van der Waals surface area contributed by atoms with Crippen LogP contribution in [-0.2, 0) is 4.74 Å². The fourth-order valence-corrected chi connectivity index (χ4v) is 2.81. The maximum absolute atomic E-state index is 13.0. The second-order valence-corrected chi connectivity index (χ2v) is 5.48. The van der Waals surface area contributed by atoms with E-state index in [2.05, 4.69) is 21.7 Å². The van der Waals surface area contributed by atoms with Gasteiger partial charge < -0.3 is 19.5 Å². The standard InChI is InChI=1S/C15H19F2NO3/c1-2-3-12-8-11(6-7-19-12)18-10-4-5-13-14(9-10)21-15(16,17)20-13/h4-5,9,11-12,18H,2-3,6-8H2,1H3. The van der Waals surface area contributed by atoms with Crippen molar-refractivity contribution >= 4 is 5.69 Å². The number of anilines is 1. The van der Waals surface area contributed by atoms with Gasteiger partial charge in [-0.05, 0) is 31.4 Å². The lowest BCUT2D eigenvalue weighted by molar-refractivity contribution is -0.286. The molecule has 1 aromatic rings. The van der Waals surface area contributed by atoms with Crippen LogP contribution in [0.1, 0.15) is 32.6 Å². The second kappa shape index (κ2) is 5.67. The first-order valence-corrected chi connectivity index (χ1v) is 7.34. The minimum Gasteiger partial charge on any atom is -0.395 e. The van der Waals surface area contributed by atoms with E-state index in [0.29, 0.717) is 0 Å². The summed E-state index contributed by atoms with van der Waals surface area (Å²) in [4.78, 5) is 0. The van der Waals surface area contributed by atoms with Crippen LogP contribution in [0.5, 0.6) is 11.5 Å². The summed E-state index contributed by atoms with van der Waals surface area (Å²) in [5.41, 5.74) is 0.761. The van der Waals surface area contributed by atoms with Crippen LogP contribution in [0.15, 0.2) is 18.2 Å². The summed E-state index contributed by atoms with van der Waals surface area (Å²) in [7, 11) is 0. The highest BCUT2D eigenvalue weighted by atomic mass is 19.3. The Hall–Kier alpha value is -1.56. The smallest absolute Gasteiger partial charge is 0.395 e. The van der Waals surface area contributed by atoms with Gasteiger partial charge in [-0.25, -0.2) is 0 Å². The maximum atomic E-state index is 13.0. The van der Waals surface area contributed by atoms with Gasteiger partial charge in [-0.1, -0.05) is 13.3 Å². The molecule has 0 spiro atoms. The van der Waals surface area contributed by atoms with Crippen LogP contribution in [-0.4, -0.2) is 25.0 Å². The Morgan fingerprint density at radius 2 is 2.10 bits per heavy atom. The number of alkyl halides is 2. The molecule has 0 radical (unpaired) electrons. The molecule has 1 saturated heterocycles. The number of nitrogens with one attached hydrogen (secondary N) is 1. The fourth-order valence-electron chi connectivity index (χ4n) is 2.81. The molecule has 2 aliphatic heterocycles. The van der Waals surface area contributed by atoms with E-state index in [1.165, 1.54) is 6.07 Å². The van der Waals surface area contributed by atoms with Crippen LogP contribution in [0.4, 0.5) is 14.5 Å². The van der Waals surface area contributed by atoms with Gasteiger partial charge in [0.25, 0.3) is 0 Å². The van der Waals surface area contributed by atoms with E-state index in [0.717, 1.165) is 38.0 Å². The lowest BCUT2D eigenvalue weighted by Gasteiger charge is -2.30. The molecule has 21 heavy (non-hydrogen) atoms. The van der Waals surface area contributed by atoms with Crippen molar-refractivity contribution in [1.29, 1.82) is 0 Å². The first-order valence-electron chi connectivity index (χ1n) is 7.34. The van der Waals surface area contributed by atoms with Crippen LogP contribution in [0.25, 0.3) is 0 Å². The zero-order valence-corrected chi connectivity index (χ0v) is 11.9. The molecule has 116 valence electrons. The number of benzene rings is 1. The van der Waals surface area contributed by atoms with Crippen molar-refractivity contribution in [3.63, 3.8) is 0 Å². The molecule has 2 aliphatic rings. The normalized spacial score (nSPS) is 26.6. The molecule has 0 aromatic heterocycles. The van der Waals surface area contributed by atoms with Crippen LogP contribution < -0.4 is 14.8 Å². The zero-order chi connectivity index (χ0) is 14.9. The molecule has 2 unspecified atom stereocenters. The van der Waals surface area contributed by atoms with Gasteiger partial charge in [0, 0.05) is 24.4 Å². The minimum atomic E-state index is -3.56. The molecule has 0 saturated carbocycles. The first-order chi connectivity index (χ1) is 10.1. The third-order valence-electron chi connectivity index (χ3n) is 3.75. The molecule has 6 heteroatoms. The Labute approximate surface area is 122 Å². The molecule has 4 nitrogen and oxygen atoms in total. The van der Waals surface area contributed by atoms with Gasteiger partial charge in [0.1, 0.15) is 0 Å². The van der Waals surface area contributed by atoms with Crippen molar-refractivity contribution < 1.29 is 23.0 Å². The monoisotopic (exact) mass is 299 g/mol. The third-order valence-corrected chi connectivity index (χ3v) is 3.75. The summed E-state index contributed by atoms with van der Waals surface area (Å²) in [5, 5.41) is 3.37. The SMILES string of the molecule is CCCC1CC(Nc2ccc3c(c2)OC(F)(F)O3)CCO1. The molecular formula is C15H19F2NO3. The summed E-state index contributed by atoms with van der Waals surface area (Å²) >= 11 is 0. The highest BCUT2D eigenvalue weighted by molar-refractivity contribution is 5.56. The van der Waals surface area contributed by atoms with Crippen LogP contribution in [0.3, 0.4) is 0 Å². The van der Waals surface area contributed by atoms with E-state index in [1.807, 2.05) is 0 Å². The molecule has 2 heterocycles. The van der Waals surface area contributed by atoms with Crippen molar-refractivity contribution in [1.82, 2.24) is 0 Å². The molecule has 1 fully saturated rings. The number of rotatable bonds is 4. The molecule has 1 aromatic carbocycles. The highest BCUT2D eigenvalue weighted by Crippen LogP contribution is 2.42. The van der Waals surface area contributed by atoms with Gasteiger partial charge in [0.2, 0.25) is 0 Å². The average molecular weight is 299 g/mol. The largest absolute Gasteiger partial charge is 0.586 e. The van der Waals surface area contributed by atoms with Crippen LogP contribution in [0.2, 0.25) is 0 Å². The van der Waals surface area contributed by atoms with Gasteiger partial charge in [-0.3, -0.25) is 0 Å². The lowest BCUT2D eigenvalue weighted by atomic mass is 10.00. The number of hydrogen-bond donors (Lipinski definition) is 1. The molecule has 3 rings (SSSR count). The predicted octanol–water partition coefficient (Wildman–Crippen LogP) is 3.77. The quantitative estimate of drug-likeness (QED) is 0.918. The second-order valence-electron chi connectivity index (χ2n) is 5.48. The van der Waals surface area contributed by atoms with Gasteiger partial charge in [-0.2, -0.15) is 0 Å². The van der Waals surface area contributed by atoms with E-state index >= 15 is 0 Å². The van der Waals surface area contributed by atoms with E-state index in [1.54, 1.807) is 12.1 Å². The van der Waals surface area contributed by atoms with Crippen molar-refractivity contribution in [2.24, 2.45) is 0 Å². The number of ether oxygens (including phenoxy) is 3. The lowest BCUT2D eigenvalue weighted by Crippen LogP contribution is -2.33. The average Bonchev–Trinajstić information content (AvgIpc) is 2.73. The molecule has 0 bridgehead atoms. The van der Waals surface area contributed by atoms with Gasteiger partial charge in [0.05, 0.1) is 6.10 Å². The third kappa shape index (κ3) is 3.37. The van der Waals surface area contributed by atoms with Crippen molar-refractivity contribution in [3.8, 4) is 11.5 Å². The van der Waals surface area contributed by atoms with E-state index < -0.39 is 6.29 Å². The van der Waals surface area contributed by atoms with Crippen LogP contribution in [0, 0.1) is 0 Å². The zero-order valence-electron chi connectivity index (χ0n) is 11.9. The molecule has 0 aliphatic carbocycles. The number of hydrogen-bond acceptors (Lipinski definition) is 4. The Morgan fingerprint density at radius 1 is 1.29 bits per heavy atom. The van der Waals surface area contributed by atoms with Crippen molar-refractivity contribution in [3.05, 3.63) is 18.2 Å². The van der Waals surface area contributed by atoms with Crippen LogP contribution >= 0.6 is 0 Å². The summed E-state index contributed by atoms with van der Waals surface area (Å²) in [6.45, 7) is 2.86. The summed E-state index contributed by atoms with van der Waals surface area (Å²) in [5.74, 6) is 0.142. The fraction of sp³-hybridized carbons (Fsp3) is 0.600. The molecule has 0 amide bonds. The first kappa shape index (κ1) is 14.4. The van der Waals surface area contributed by atoms with Gasteiger partial charge in [-0.15, -0.1) is 8.78 Å². The Kier molecular flexibility index (Phi) is 3.89. The van der Waals surface area contributed by atoms with Gasteiger partial charge >= 0.3 is 6.29 Å². The summed E-state index contributed by atoms with van der Waals surface area (Å²) < 4.78 is 40.5. The molecular weight excluding hydrogens is 280 g/mol. The predicted molar refractivity (Wildman–Crippen MR) is 73.9 cm³/mol. The Bertz CT molecular complexity index is 508. The van der Waals surface area contributed by atoms with E-state index in [4.69, 9.17) is 4.74 Å². The molecule has 1 N–H and O–H groups in total. The Balaban J connectivity index is 1.64. The highest BCUT2D eigenvalue weighted by Gasteiger charge is 2.43. The van der Waals surface area contributed by atoms with Gasteiger partial charge in [0.15, 0.2) is 11.5 Å². The molecule has 2 atom stereocenters. The maximum Gasteiger partial charge on any atom is 0.586 e. The van der Waals surface area contributed by atoms with Crippen molar-refractivity contribution in [2.75, 3.05) is 11.9 Å².